The molecule has 1 aromatic carbocycles. The monoisotopic (exact) mass is 417 g/mol. The second kappa shape index (κ2) is 11.2. The molecule has 2 heterocycles. The lowest BCUT2D eigenvalue weighted by molar-refractivity contribution is -0.129. The van der Waals surface area contributed by atoms with Crippen molar-refractivity contribution in [3.63, 3.8) is 0 Å². The van der Waals surface area contributed by atoms with Gasteiger partial charge in [-0.3, -0.25) is 14.5 Å². The van der Waals surface area contributed by atoms with Crippen LogP contribution >= 0.6 is 0 Å². The molecule has 1 saturated heterocycles. The van der Waals surface area contributed by atoms with Gasteiger partial charge in [0.15, 0.2) is 0 Å². The van der Waals surface area contributed by atoms with E-state index in [1.807, 2.05) is 42.2 Å². The zero-order valence-corrected chi connectivity index (χ0v) is 17.3. The predicted molar refractivity (Wildman–Crippen MR) is 112 cm³/mol. The number of nitrogens with one attached hydrogen (secondary N) is 2. The van der Waals surface area contributed by atoms with E-state index in [0.29, 0.717) is 13.2 Å². The van der Waals surface area contributed by atoms with Crippen LogP contribution in [-0.2, 0) is 19.1 Å². The summed E-state index contributed by atoms with van der Waals surface area (Å²) in [5, 5.41) is 15.6. The zero-order valence-electron chi connectivity index (χ0n) is 17.3. The van der Waals surface area contributed by atoms with Crippen molar-refractivity contribution < 1.29 is 24.2 Å². The molecule has 8 heteroatoms. The van der Waals surface area contributed by atoms with E-state index in [-0.39, 0.29) is 37.4 Å². The number of carbonyl (C=O) groups excluding carboxylic acids is 2. The number of amides is 2. The molecule has 0 unspecified atom stereocenters. The largest absolute Gasteiger partial charge is 0.394 e. The van der Waals surface area contributed by atoms with Crippen LogP contribution in [0.4, 0.5) is 0 Å². The fourth-order valence-electron chi connectivity index (χ4n) is 3.64. The first-order valence-corrected chi connectivity index (χ1v) is 10.4. The van der Waals surface area contributed by atoms with Crippen LogP contribution in [0.5, 0.6) is 0 Å². The van der Waals surface area contributed by atoms with Crippen LogP contribution in [0.2, 0.25) is 0 Å². The molecule has 0 aromatic heterocycles. The van der Waals surface area contributed by atoms with E-state index in [2.05, 4.69) is 10.6 Å². The molecule has 0 bridgehead atoms. The molecule has 2 aliphatic rings. The van der Waals surface area contributed by atoms with Gasteiger partial charge in [0.05, 0.1) is 51.0 Å². The van der Waals surface area contributed by atoms with Gasteiger partial charge < -0.3 is 25.2 Å². The standard InChI is InChI=1S/C22H31N3O5/c1-16(17-5-3-2-4-6-17)23-21(27)13-18-7-8-19(20(15-26)30-18)24-22(28)14-25-9-11-29-12-10-25/h2-8,16,18-20,26H,9-15H2,1H3,(H,23,27)(H,24,28)/t16-,18+,19+,20-/m1/s1. The van der Waals surface area contributed by atoms with Crippen molar-refractivity contribution in [3.05, 3.63) is 48.0 Å². The zero-order chi connectivity index (χ0) is 21.3. The summed E-state index contributed by atoms with van der Waals surface area (Å²) in [7, 11) is 0. The smallest absolute Gasteiger partial charge is 0.234 e. The Morgan fingerprint density at radius 1 is 1.17 bits per heavy atom. The molecule has 3 N–H and O–H groups in total. The van der Waals surface area contributed by atoms with Crippen LogP contribution in [0.25, 0.3) is 0 Å². The van der Waals surface area contributed by atoms with Crippen molar-refractivity contribution >= 4 is 11.8 Å². The summed E-state index contributed by atoms with van der Waals surface area (Å²) in [6, 6.07) is 9.21. The van der Waals surface area contributed by atoms with Crippen molar-refractivity contribution in [3.8, 4) is 0 Å². The summed E-state index contributed by atoms with van der Waals surface area (Å²) >= 11 is 0. The molecule has 2 amide bonds. The SMILES string of the molecule is C[C@@H](NC(=O)C[C@@H]1C=C[C@H](NC(=O)CN2CCOCC2)[C@@H](CO)O1)c1ccccc1. The first-order chi connectivity index (χ1) is 14.5. The Morgan fingerprint density at radius 3 is 2.60 bits per heavy atom. The molecule has 0 aliphatic carbocycles. The molecule has 2 aliphatic heterocycles. The van der Waals surface area contributed by atoms with E-state index < -0.39 is 18.2 Å². The van der Waals surface area contributed by atoms with Crippen LogP contribution in [0.3, 0.4) is 0 Å². The third-order valence-electron chi connectivity index (χ3n) is 5.33. The van der Waals surface area contributed by atoms with E-state index in [1.165, 1.54) is 0 Å². The first kappa shape index (κ1) is 22.4. The summed E-state index contributed by atoms with van der Waals surface area (Å²) < 4.78 is 11.1. The van der Waals surface area contributed by atoms with Crippen LogP contribution in [-0.4, -0.2) is 79.5 Å². The van der Waals surface area contributed by atoms with Crippen molar-refractivity contribution in [1.29, 1.82) is 0 Å². The number of hydrogen-bond acceptors (Lipinski definition) is 6. The van der Waals surface area contributed by atoms with Crippen molar-refractivity contribution in [2.24, 2.45) is 0 Å². The second-order valence-corrected chi connectivity index (χ2v) is 7.67. The fourth-order valence-corrected chi connectivity index (χ4v) is 3.64. The quantitative estimate of drug-likeness (QED) is 0.529. The van der Waals surface area contributed by atoms with Gasteiger partial charge in [0.2, 0.25) is 11.8 Å². The number of aliphatic hydroxyl groups excluding tert-OH is 1. The highest BCUT2D eigenvalue weighted by molar-refractivity contribution is 5.79. The highest BCUT2D eigenvalue weighted by atomic mass is 16.5. The van der Waals surface area contributed by atoms with E-state index in [4.69, 9.17) is 9.47 Å². The van der Waals surface area contributed by atoms with Gasteiger partial charge in [-0.1, -0.05) is 42.5 Å². The molecule has 3 rings (SSSR count). The molecular formula is C22H31N3O5. The molecule has 0 saturated carbocycles. The van der Waals surface area contributed by atoms with Gasteiger partial charge in [-0.2, -0.15) is 0 Å². The number of morpholine rings is 1. The minimum Gasteiger partial charge on any atom is -0.394 e. The van der Waals surface area contributed by atoms with Gasteiger partial charge in [0.25, 0.3) is 0 Å². The average Bonchev–Trinajstić information content (AvgIpc) is 2.76. The summed E-state index contributed by atoms with van der Waals surface area (Å²) in [6.07, 6.45) is 2.70. The van der Waals surface area contributed by atoms with Gasteiger partial charge >= 0.3 is 0 Å². The van der Waals surface area contributed by atoms with Gasteiger partial charge in [-0.15, -0.1) is 0 Å². The molecule has 30 heavy (non-hydrogen) atoms. The maximum Gasteiger partial charge on any atom is 0.234 e. The van der Waals surface area contributed by atoms with Crippen LogP contribution in [0.1, 0.15) is 24.9 Å². The minimum absolute atomic E-state index is 0.105. The molecular weight excluding hydrogens is 386 g/mol. The number of aliphatic hydroxyl groups is 1. The van der Waals surface area contributed by atoms with Crippen LogP contribution in [0, 0.1) is 0 Å². The molecule has 4 atom stereocenters. The molecule has 0 radical (unpaired) electrons. The van der Waals surface area contributed by atoms with Gasteiger partial charge in [0, 0.05) is 13.1 Å². The molecule has 8 nitrogen and oxygen atoms in total. The van der Waals surface area contributed by atoms with E-state index in [1.54, 1.807) is 12.2 Å². The number of carbonyl (C=O) groups is 2. The molecule has 1 fully saturated rings. The Labute approximate surface area is 177 Å². The van der Waals surface area contributed by atoms with Crippen molar-refractivity contribution in [2.75, 3.05) is 39.5 Å². The fraction of sp³-hybridized carbons (Fsp3) is 0.545. The Kier molecular flexibility index (Phi) is 8.39. The van der Waals surface area contributed by atoms with E-state index in [9.17, 15) is 14.7 Å². The summed E-state index contributed by atoms with van der Waals surface area (Å²) in [6.45, 7) is 4.69. The summed E-state index contributed by atoms with van der Waals surface area (Å²) in [5.74, 6) is -0.256. The third kappa shape index (κ3) is 6.63. The number of ether oxygens (including phenoxy) is 2. The molecule has 1 aromatic rings. The topological polar surface area (TPSA) is 100 Å². The summed E-state index contributed by atoms with van der Waals surface area (Å²) in [4.78, 5) is 26.8. The predicted octanol–water partition coefficient (Wildman–Crippen LogP) is 0.387. The van der Waals surface area contributed by atoms with Crippen molar-refractivity contribution in [1.82, 2.24) is 15.5 Å². The second-order valence-electron chi connectivity index (χ2n) is 7.67. The highest BCUT2D eigenvalue weighted by Gasteiger charge is 2.29. The normalized spacial score (nSPS) is 25.5. The Hall–Kier alpha value is -2.26. The maximum absolute atomic E-state index is 12.4. The Balaban J connectivity index is 1.47. The van der Waals surface area contributed by atoms with E-state index >= 15 is 0 Å². The lowest BCUT2D eigenvalue weighted by Crippen LogP contribution is -2.52. The number of rotatable bonds is 8. The Bertz CT molecular complexity index is 721. The average molecular weight is 418 g/mol. The minimum atomic E-state index is -0.590. The number of nitrogens with zero attached hydrogens (tertiary/aromatic N) is 1. The number of hydrogen-bond donors (Lipinski definition) is 3. The van der Waals surface area contributed by atoms with Gasteiger partial charge in [0.1, 0.15) is 6.10 Å². The maximum atomic E-state index is 12.4. The third-order valence-corrected chi connectivity index (χ3v) is 5.33. The van der Waals surface area contributed by atoms with Crippen molar-refractivity contribution in [2.45, 2.75) is 37.6 Å². The number of benzene rings is 1. The highest BCUT2D eigenvalue weighted by Crippen LogP contribution is 2.17. The molecule has 0 spiro atoms. The molecule has 164 valence electrons. The lowest BCUT2D eigenvalue weighted by atomic mass is 10.0. The lowest BCUT2D eigenvalue weighted by Gasteiger charge is -2.33. The first-order valence-electron chi connectivity index (χ1n) is 10.4. The van der Waals surface area contributed by atoms with E-state index in [0.717, 1.165) is 18.7 Å². The van der Waals surface area contributed by atoms with Gasteiger partial charge in [-0.05, 0) is 12.5 Å². The summed E-state index contributed by atoms with van der Waals surface area (Å²) in [5.41, 5.74) is 1.03. The van der Waals surface area contributed by atoms with Gasteiger partial charge in [-0.25, -0.2) is 0 Å². The Morgan fingerprint density at radius 2 is 1.90 bits per heavy atom. The van der Waals surface area contributed by atoms with Crippen LogP contribution in [0.15, 0.2) is 42.5 Å². The van der Waals surface area contributed by atoms with Crippen LogP contribution < -0.4 is 10.6 Å².